The number of pyridine rings is 1. The number of hydrogen-bond donors (Lipinski definition) is 2. The number of aliphatic hydroxyl groups excluding tert-OH is 1. The van der Waals surface area contributed by atoms with Crippen LogP contribution in [0.1, 0.15) is 26.7 Å². The van der Waals surface area contributed by atoms with Gasteiger partial charge in [-0.15, -0.1) is 0 Å². The molecule has 1 rings (SSSR count). The SMILES string of the molecule is CCC(CC)N(CCO)c1nc(Cl)ccc1N. The molecule has 17 heavy (non-hydrogen) atoms. The highest BCUT2D eigenvalue weighted by Gasteiger charge is 2.18. The molecule has 1 aromatic heterocycles. The van der Waals surface area contributed by atoms with Crippen molar-refractivity contribution in [1.29, 1.82) is 0 Å². The summed E-state index contributed by atoms with van der Waals surface area (Å²) >= 11 is 5.90. The summed E-state index contributed by atoms with van der Waals surface area (Å²) in [6, 6.07) is 3.73. The van der Waals surface area contributed by atoms with E-state index in [9.17, 15) is 0 Å². The van der Waals surface area contributed by atoms with E-state index >= 15 is 0 Å². The predicted molar refractivity (Wildman–Crippen MR) is 72.5 cm³/mol. The number of rotatable bonds is 6. The van der Waals surface area contributed by atoms with Gasteiger partial charge in [0.2, 0.25) is 0 Å². The fourth-order valence-corrected chi connectivity index (χ4v) is 2.11. The van der Waals surface area contributed by atoms with Gasteiger partial charge in [-0.05, 0) is 25.0 Å². The Hall–Kier alpha value is -1.00. The number of aliphatic hydroxyl groups is 1. The zero-order valence-electron chi connectivity index (χ0n) is 10.4. The summed E-state index contributed by atoms with van der Waals surface area (Å²) in [6.07, 6.45) is 1.95. The molecule has 0 saturated carbocycles. The number of nitrogens with two attached hydrogens (primary N) is 1. The van der Waals surface area contributed by atoms with Crippen LogP contribution in [0.3, 0.4) is 0 Å². The molecule has 0 amide bonds. The van der Waals surface area contributed by atoms with Gasteiger partial charge in [-0.2, -0.15) is 0 Å². The summed E-state index contributed by atoms with van der Waals surface area (Å²) in [7, 11) is 0. The Kier molecular flexibility index (Phi) is 5.51. The summed E-state index contributed by atoms with van der Waals surface area (Å²) in [4.78, 5) is 6.29. The fraction of sp³-hybridized carbons (Fsp3) is 0.583. The van der Waals surface area contributed by atoms with Crippen LogP contribution >= 0.6 is 11.6 Å². The molecule has 0 radical (unpaired) electrons. The Morgan fingerprint density at radius 1 is 1.41 bits per heavy atom. The van der Waals surface area contributed by atoms with Crippen LogP contribution in [0.5, 0.6) is 0 Å². The molecule has 96 valence electrons. The highest BCUT2D eigenvalue weighted by Crippen LogP contribution is 2.26. The molecule has 1 heterocycles. The summed E-state index contributed by atoms with van der Waals surface area (Å²) in [5.41, 5.74) is 6.52. The third-order valence-corrected chi connectivity index (χ3v) is 3.08. The van der Waals surface area contributed by atoms with E-state index < -0.39 is 0 Å². The summed E-state index contributed by atoms with van der Waals surface area (Å²) < 4.78 is 0. The van der Waals surface area contributed by atoms with Gasteiger partial charge in [-0.3, -0.25) is 0 Å². The van der Waals surface area contributed by atoms with Gasteiger partial charge < -0.3 is 15.7 Å². The Balaban J connectivity index is 3.07. The second kappa shape index (κ2) is 6.67. The lowest BCUT2D eigenvalue weighted by Crippen LogP contribution is -2.37. The maximum atomic E-state index is 9.15. The molecule has 0 aliphatic heterocycles. The molecular weight excluding hydrogens is 238 g/mol. The maximum Gasteiger partial charge on any atom is 0.153 e. The number of anilines is 2. The molecule has 0 fully saturated rings. The van der Waals surface area contributed by atoms with Gasteiger partial charge in [0.1, 0.15) is 5.15 Å². The molecule has 0 spiro atoms. The van der Waals surface area contributed by atoms with Crippen LogP contribution < -0.4 is 10.6 Å². The Morgan fingerprint density at radius 2 is 2.06 bits per heavy atom. The van der Waals surface area contributed by atoms with Crippen molar-refractivity contribution < 1.29 is 5.11 Å². The van der Waals surface area contributed by atoms with Crippen molar-refractivity contribution in [3.63, 3.8) is 0 Å². The van der Waals surface area contributed by atoms with E-state index in [0.29, 0.717) is 29.2 Å². The molecule has 1 aromatic rings. The Morgan fingerprint density at radius 3 is 2.59 bits per heavy atom. The zero-order valence-corrected chi connectivity index (χ0v) is 11.1. The van der Waals surface area contributed by atoms with Gasteiger partial charge in [-0.25, -0.2) is 4.98 Å². The number of hydrogen-bond acceptors (Lipinski definition) is 4. The lowest BCUT2D eigenvalue weighted by Gasteiger charge is -2.31. The van der Waals surface area contributed by atoms with Gasteiger partial charge in [-0.1, -0.05) is 25.4 Å². The van der Waals surface area contributed by atoms with E-state index in [4.69, 9.17) is 22.4 Å². The Bertz CT molecular complexity index is 356. The van der Waals surface area contributed by atoms with Crippen LogP contribution in [0.4, 0.5) is 11.5 Å². The van der Waals surface area contributed by atoms with E-state index in [1.54, 1.807) is 12.1 Å². The smallest absolute Gasteiger partial charge is 0.153 e. The average molecular weight is 258 g/mol. The first-order chi connectivity index (χ1) is 8.13. The standard InChI is InChI=1S/C12H20ClN3O/c1-3-9(4-2)16(7-8-17)12-10(14)5-6-11(13)15-12/h5-6,9,17H,3-4,7-8,14H2,1-2H3. The lowest BCUT2D eigenvalue weighted by atomic mass is 10.1. The molecule has 4 nitrogen and oxygen atoms in total. The highest BCUT2D eigenvalue weighted by atomic mass is 35.5. The second-order valence-electron chi connectivity index (χ2n) is 3.93. The molecule has 0 aliphatic carbocycles. The molecule has 0 saturated heterocycles. The Labute approximate surface area is 107 Å². The van der Waals surface area contributed by atoms with E-state index in [-0.39, 0.29) is 6.61 Å². The summed E-state index contributed by atoms with van der Waals surface area (Å²) in [5.74, 6) is 0.667. The minimum atomic E-state index is 0.0735. The van der Waals surface area contributed by atoms with Crippen LogP contribution in [0.15, 0.2) is 12.1 Å². The molecule has 0 atom stereocenters. The number of nitrogens with zero attached hydrogens (tertiary/aromatic N) is 2. The minimum absolute atomic E-state index is 0.0735. The van der Waals surface area contributed by atoms with Crippen molar-refractivity contribution in [3.8, 4) is 0 Å². The molecular formula is C12H20ClN3O. The number of halogens is 1. The summed E-state index contributed by atoms with van der Waals surface area (Å²) in [6.45, 7) is 4.81. The van der Waals surface area contributed by atoms with Gasteiger partial charge in [0, 0.05) is 12.6 Å². The van der Waals surface area contributed by atoms with E-state index in [1.165, 1.54) is 0 Å². The van der Waals surface area contributed by atoms with Crippen LogP contribution in [-0.2, 0) is 0 Å². The van der Waals surface area contributed by atoms with E-state index in [2.05, 4.69) is 18.8 Å². The van der Waals surface area contributed by atoms with Crippen molar-refractivity contribution in [3.05, 3.63) is 17.3 Å². The maximum absolute atomic E-state index is 9.15. The zero-order chi connectivity index (χ0) is 12.8. The van der Waals surface area contributed by atoms with E-state index in [0.717, 1.165) is 12.8 Å². The number of aromatic nitrogens is 1. The number of nitrogen functional groups attached to an aromatic ring is 1. The molecule has 3 N–H and O–H groups in total. The average Bonchev–Trinajstić information content (AvgIpc) is 2.33. The topological polar surface area (TPSA) is 62.4 Å². The third kappa shape index (κ3) is 3.48. The van der Waals surface area contributed by atoms with Crippen molar-refractivity contribution in [1.82, 2.24) is 4.98 Å². The van der Waals surface area contributed by atoms with Crippen LogP contribution in [0, 0.1) is 0 Å². The monoisotopic (exact) mass is 257 g/mol. The van der Waals surface area contributed by atoms with Crippen LogP contribution in [-0.4, -0.2) is 29.3 Å². The molecule has 5 heteroatoms. The first kappa shape index (κ1) is 14.1. The lowest BCUT2D eigenvalue weighted by molar-refractivity contribution is 0.295. The van der Waals surface area contributed by atoms with Gasteiger partial charge >= 0.3 is 0 Å². The molecule has 0 unspecified atom stereocenters. The van der Waals surface area contributed by atoms with Gasteiger partial charge in [0.15, 0.2) is 5.82 Å². The van der Waals surface area contributed by atoms with Crippen LogP contribution in [0.25, 0.3) is 0 Å². The highest BCUT2D eigenvalue weighted by molar-refractivity contribution is 6.29. The largest absolute Gasteiger partial charge is 0.396 e. The fourth-order valence-electron chi connectivity index (χ4n) is 1.96. The van der Waals surface area contributed by atoms with Crippen molar-refractivity contribution in [2.24, 2.45) is 0 Å². The van der Waals surface area contributed by atoms with Crippen LogP contribution in [0.2, 0.25) is 5.15 Å². The summed E-state index contributed by atoms with van der Waals surface area (Å²) in [5, 5.41) is 9.57. The van der Waals surface area contributed by atoms with Gasteiger partial charge in [0.25, 0.3) is 0 Å². The molecule has 0 aromatic carbocycles. The predicted octanol–water partition coefficient (Wildman–Crippen LogP) is 2.30. The normalized spacial score (nSPS) is 10.9. The molecule has 0 bridgehead atoms. The quantitative estimate of drug-likeness (QED) is 0.768. The minimum Gasteiger partial charge on any atom is -0.396 e. The third-order valence-electron chi connectivity index (χ3n) is 2.87. The second-order valence-corrected chi connectivity index (χ2v) is 4.32. The van der Waals surface area contributed by atoms with Crippen molar-refractivity contribution in [2.45, 2.75) is 32.7 Å². The first-order valence-corrected chi connectivity index (χ1v) is 6.31. The first-order valence-electron chi connectivity index (χ1n) is 5.93. The van der Waals surface area contributed by atoms with Crippen molar-refractivity contribution in [2.75, 3.05) is 23.8 Å². The molecule has 0 aliphatic rings. The van der Waals surface area contributed by atoms with E-state index in [1.807, 2.05) is 4.90 Å². The van der Waals surface area contributed by atoms with Crippen molar-refractivity contribution >= 4 is 23.1 Å². The van der Waals surface area contributed by atoms with Gasteiger partial charge in [0.05, 0.1) is 12.3 Å².